The van der Waals surface area contributed by atoms with E-state index in [-0.39, 0.29) is 147 Å². The molecular formula is C97H115N11O30P2S6. The predicted octanol–water partition coefficient (Wildman–Crippen LogP) is 9.67. The summed E-state index contributed by atoms with van der Waals surface area (Å²) in [5, 5.41) is 27.9. The van der Waals surface area contributed by atoms with E-state index in [0.717, 1.165) is 88.9 Å². The van der Waals surface area contributed by atoms with Crippen LogP contribution in [0.2, 0.25) is 0 Å². The topological polar surface area (TPSA) is 548 Å². The van der Waals surface area contributed by atoms with Crippen LogP contribution in [0.5, 0.6) is 46.0 Å². The number of thiocarbonyl (C=S) groups is 2. The van der Waals surface area contributed by atoms with Gasteiger partial charge in [0, 0.05) is 119 Å². The van der Waals surface area contributed by atoms with E-state index in [0.29, 0.717) is 99.3 Å². The molecule has 0 aliphatic carbocycles. The molecule has 49 heteroatoms. The molecule has 8 aromatic rings. The Morgan fingerprint density at radius 2 is 0.733 bits per heavy atom. The third-order valence-corrected chi connectivity index (χ3v) is 30.1. The molecule has 4 aliphatic heterocycles. The van der Waals surface area contributed by atoms with E-state index in [4.69, 9.17) is 141 Å². The van der Waals surface area contributed by atoms with E-state index < -0.39 is 68.7 Å². The lowest BCUT2D eigenvalue weighted by atomic mass is 10.1. The number of unbranched alkanes of at least 4 members (excludes halogenated alkanes) is 2. The Morgan fingerprint density at radius 1 is 0.404 bits per heavy atom. The number of hydrogen-bond acceptors (Lipinski definition) is 36. The van der Waals surface area contributed by atoms with Crippen LogP contribution in [0, 0.1) is 20.2 Å². The van der Waals surface area contributed by atoms with Gasteiger partial charge in [0.05, 0.1) is 92.2 Å². The number of anilines is 3. The van der Waals surface area contributed by atoms with Gasteiger partial charge in [0.2, 0.25) is 17.7 Å². The smallest absolute Gasteiger partial charge is 0.347 e. The lowest BCUT2D eigenvalue weighted by Gasteiger charge is -2.43. The van der Waals surface area contributed by atoms with Gasteiger partial charge in [0.15, 0.2) is 0 Å². The maximum Gasteiger partial charge on any atom is 0.347 e. The van der Waals surface area contributed by atoms with E-state index in [1.54, 1.807) is 91.0 Å². The van der Waals surface area contributed by atoms with Gasteiger partial charge in [0.25, 0.3) is 10.2 Å². The number of nitrogens with zero attached hydrogens (tertiary/aromatic N) is 4. The fraction of sp³-hybridized carbons (Fsp3) is 0.361. The number of carbonyl (C=O) groups excluding carboxylic acids is 12. The maximum atomic E-state index is 13.0. The lowest BCUT2D eigenvalue weighted by Crippen LogP contribution is -2.87. The number of Topliss-reactive ketones (excluding diaryl/α,β-unsaturated/α-hetero) is 1. The van der Waals surface area contributed by atoms with Crippen LogP contribution >= 0.6 is 35.2 Å². The molecular weight excluding hydrogens is 2050 g/mol. The van der Waals surface area contributed by atoms with Crippen molar-refractivity contribution in [3.63, 3.8) is 0 Å². The SMILES string of the molecule is C1COCC[NH2+]1.C1COCC[NH2+]1.CC(=O)Cc1ccc(OC(=O)CCCO[N+](=O)[O-])c(C(=O)Oc2ccc(C(N)=S)cc2)c1.CC(=O)Nc1ccc(C(=O)Oc2ccc(C(N)=S)cc2)c(OC(=O)CCCO[N+](=O)[O-])c1.CCCCC(=O)Nc1ccc(C(=O)Oc2ccc(P(=S)([S-])N3CCOCC3)cc2)c(OC(C)=O)c1.CCCCC(=O)Nc1ccc(OC(C)=O)c(C(=O)Oc2ccc(P(=S)([S-])N3CCOCC3)cc2)c1. The van der Waals surface area contributed by atoms with Crippen LogP contribution in [0.4, 0.5) is 17.1 Å². The molecule has 0 saturated carbocycles. The Balaban J connectivity index is 0.000000253. The quantitative estimate of drug-likeness (QED) is 0.00275. The summed E-state index contributed by atoms with van der Waals surface area (Å²) in [5.41, 5.74) is 13.8. The molecule has 12 rings (SSSR count). The van der Waals surface area contributed by atoms with Crippen LogP contribution in [0.25, 0.3) is 0 Å². The number of ketones is 1. The Kier molecular flexibility index (Phi) is 52.6. The summed E-state index contributed by atoms with van der Waals surface area (Å²) in [6, 6.07) is 43.4. The second-order valence-electron chi connectivity index (χ2n) is 31.7. The van der Waals surface area contributed by atoms with Gasteiger partial charge < -0.3 is 129 Å². The van der Waals surface area contributed by atoms with Crippen molar-refractivity contribution in [1.29, 1.82) is 0 Å². The number of ether oxygens (including phenoxy) is 12. The van der Waals surface area contributed by atoms with E-state index in [9.17, 15) is 77.8 Å². The zero-order valence-electron chi connectivity index (χ0n) is 80.9. The molecule has 146 heavy (non-hydrogen) atoms. The molecule has 2 unspecified atom stereocenters. The second kappa shape index (κ2) is 63.8. The fourth-order valence-corrected chi connectivity index (χ4v) is 19.8. The van der Waals surface area contributed by atoms with Crippen molar-refractivity contribution in [3.8, 4) is 46.0 Å². The van der Waals surface area contributed by atoms with Gasteiger partial charge in [-0.2, -0.15) is 0 Å². The first kappa shape index (κ1) is 120. The Labute approximate surface area is 873 Å². The molecule has 4 aliphatic rings. The highest BCUT2D eigenvalue weighted by atomic mass is 32.9. The molecule has 784 valence electrons. The number of hydrogen-bond donors (Lipinski definition) is 7. The first-order chi connectivity index (χ1) is 69.7. The van der Waals surface area contributed by atoms with Gasteiger partial charge in [-0.15, -0.1) is 43.8 Å². The fourth-order valence-electron chi connectivity index (χ4n) is 13.0. The van der Waals surface area contributed by atoms with E-state index in [2.05, 4.69) is 45.6 Å². The minimum atomic E-state index is -2.35. The summed E-state index contributed by atoms with van der Waals surface area (Å²) in [6.45, 7) is 22.2. The Bertz CT molecular complexity index is 5910. The molecule has 41 nitrogen and oxygen atoms in total. The molecule has 4 saturated heterocycles. The molecule has 11 N–H and O–H groups in total. The minimum Gasteiger partial charge on any atom is -0.727 e. The van der Waals surface area contributed by atoms with Gasteiger partial charge in [-0.25, -0.2) is 19.2 Å². The average Bonchev–Trinajstić information content (AvgIpc) is 0.808. The monoisotopic (exact) mass is 2170 g/mol. The normalized spacial score (nSPS) is 13.9. The third kappa shape index (κ3) is 44.0. The minimum absolute atomic E-state index is 0.000730. The number of carbonyl (C=O) groups is 12. The number of rotatable bonds is 39. The highest BCUT2D eigenvalue weighted by Crippen LogP contribution is 2.48. The first-order valence-electron chi connectivity index (χ1n) is 45.9. The third-order valence-electron chi connectivity index (χ3n) is 20.2. The number of amides is 3. The zero-order valence-corrected chi connectivity index (χ0v) is 87.5. The van der Waals surface area contributed by atoms with Crippen molar-refractivity contribution in [1.82, 2.24) is 9.34 Å². The Hall–Kier alpha value is -12.5. The van der Waals surface area contributed by atoms with Crippen LogP contribution in [-0.4, -0.2) is 219 Å². The molecule has 0 bridgehead atoms. The zero-order chi connectivity index (χ0) is 107. The van der Waals surface area contributed by atoms with Crippen molar-refractivity contribution in [2.24, 2.45) is 11.5 Å². The van der Waals surface area contributed by atoms with Crippen molar-refractivity contribution in [2.45, 2.75) is 112 Å². The van der Waals surface area contributed by atoms with Gasteiger partial charge in [-0.1, -0.05) is 92.2 Å². The second-order valence-corrected chi connectivity index (χ2v) is 44.6. The molecule has 2 atom stereocenters. The molecule has 4 fully saturated rings. The van der Waals surface area contributed by atoms with E-state index in [1.807, 2.05) is 13.8 Å². The predicted molar refractivity (Wildman–Crippen MR) is 559 cm³/mol. The number of nitrogens with one attached hydrogen (secondary N) is 3. The van der Waals surface area contributed by atoms with Crippen LogP contribution in [0.1, 0.15) is 164 Å². The summed E-state index contributed by atoms with van der Waals surface area (Å²) in [6.07, 6.45) is 3.84. The lowest BCUT2D eigenvalue weighted by molar-refractivity contribution is -0.757. The molecule has 4 heterocycles. The number of morpholine rings is 4. The average molecular weight is 2170 g/mol. The highest BCUT2D eigenvalue weighted by Gasteiger charge is 2.28. The van der Waals surface area contributed by atoms with Crippen molar-refractivity contribution < 1.29 is 145 Å². The van der Waals surface area contributed by atoms with Gasteiger partial charge in [0.1, 0.15) is 84.0 Å². The summed E-state index contributed by atoms with van der Waals surface area (Å²) in [7, 11) is 0. The largest absolute Gasteiger partial charge is 0.727 e. The number of quaternary nitrogens is 2. The number of esters is 8. The Morgan fingerprint density at radius 3 is 1.08 bits per heavy atom. The van der Waals surface area contributed by atoms with E-state index in [1.165, 1.54) is 107 Å². The number of benzene rings is 8. The van der Waals surface area contributed by atoms with Crippen LogP contribution in [-0.2, 0) is 122 Å². The summed E-state index contributed by atoms with van der Waals surface area (Å²) in [4.78, 5) is 174. The van der Waals surface area contributed by atoms with Crippen molar-refractivity contribution in [3.05, 3.63) is 229 Å². The van der Waals surface area contributed by atoms with Gasteiger partial charge >= 0.3 is 47.8 Å². The van der Waals surface area contributed by atoms with E-state index >= 15 is 0 Å². The van der Waals surface area contributed by atoms with Gasteiger partial charge in [-0.3, -0.25) is 47.7 Å². The van der Waals surface area contributed by atoms with Crippen molar-refractivity contribution >= 4 is 192 Å². The van der Waals surface area contributed by atoms with Crippen LogP contribution in [0.15, 0.2) is 170 Å². The molecule has 8 aromatic carbocycles. The van der Waals surface area contributed by atoms with Crippen molar-refractivity contribution in [2.75, 3.05) is 134 Å². The molecule has 0 aromatic heterocycles. The summed E-state index contributed by atoms with van der Waals surface area (Å²) in [5.74, 6) is -5.70. The highest BCUT2D eigenvalue weighted by molar-refractivity contribution is 8.57. The molecule has 0 radical (unpaired) electrons. The number of nitrogens with two attached hydrogens (primary N) is 4. The standard InChI is InChI=1S/2C24H29N2O6PS2.C21H20N2O8S.C20H19N3O8S.2C4H9NO/c1-3-4-5-23(28)25-18-6-11-22(31-17(2)27)21(16-18)24(29)32-19-7-9-20(10-8-19)33(34,35)26-12-14-30-15-13-26;1-3-4-5-23(28)25-18-6-11-21(22(16-18)31-17(2)27)24(29)32-19-7-9-20(10-8-19)33(34,35)26-12-14-30-15-13-26;1-13(24)11-14-4-9-18(31-19(25)3-2-10-29-23(27)28)17(12-14)21(26)30-16-7-5-15(6-8-16)20(22)32;1-12(24)22-14-6-9-16(17(11-14)31-18(25)3-2-10-29-23(27)28)20(26)30-15-7-4-13(5-8-15)19(21)32;2*1-3-6-4-2-5-1/h2*6-11,16H,3-5,12-15H2,1-2H3,(H,25,28)(H,34,35);4-9,12H,2-3,10-11H2,1H3,(H2,22,32);4-9,11H,2-3,10H2,1H3,(H2,21,32)(H,22,24);2*5H,1-4H2. The first-order valence-corrected chi connectivity index (χ1v) is 54.3. The van der Waals surface area contributed by atoms with Crippen LogP contribution < -0.4 is 86.6 Å². The maximum absolute atomic E-state index is 13.0. The molecule has 0 spiro atoms. The van der Waals surface area contributed by atoms with Gasteiger partial charge in [-0.05, 0) is 176 Å². The summed E-state index contributed by atoms with van der Waals surface area (Å²) < 4.78 is 67.6. The molecule has 3 amide bonds. The van der Waals surface area contributed by atoms with Crippen LogP contribution in [0.3, 0.4) is 0 Å². The summed E-state index contributed by atoms with van der Waals surface area (Å²) >= 11 is 32.8.